The largest absolute Gasteiger partial charge is 0.487 e. The number of carboxylic acid groups (broad SMARTS) is 1. The van der Waals surface area contributed by atoms with Gasteiger partial charge in [-0.25, -0.2) is 4.79 Å². The lowest BCUT2D eigenvalue weighted by molar-refractivity contribution is 0.0697. The van der Waals surface area contributed by atoms with E-state index in [9.17, 15) is 10.1 Å². The third kappa shape index (κ3) is 5.38. The van der Waals surface area contributed by atoms with Crippen molar-refractivity contribution in [3.05, 3.63) is 97.4 Å². The summed E-state index contributed by atoms with van der Waals surface area (Å²) < 4.78 is 7.48. The van der Waals surface area contributed by atoms with Crippen molar-refractivity contribution < 1.29 is 14.6 Å². The van der Waals surface area contributed by atoms with Gasteiger partial charge >= 0.3 is 5.97 Å². The number of ether oxygens (including phenoxy) is 1. The summed E-state index contributed by atoms with van der Waals surface area (Å²) in [5.41, 5.74) is 4.32. The summed E-state index contributed by atoms with van der Waals surface area (Å²) in [7, 11) is 0. The van der Waals surface area contributed by atoms with Gasteiger partial charge in [0.25, 0.3) is 0 Å². The van der Waals surface area contributed by atoms with Gasteiger partial charge in [-0.05, 0) is 85.8 Å². The molecule has 0 bridgehead atoms. The Bertz CT molecular complexity index is 1120. The average Bonchev–Trinajstić information content (AvgIpc) is 2.73. The summed E-state index contributed by atoms with van der Waals surface area (Å²) in [4.78, 5) is 11.0. The summed E-state index contributed by atoms with van der Waals surface area (Å²) in [6.45, 7) is 2.48. The molecule has 0 atom stereocenters. The number of benzene rings is 3. The van der Waals surface area contributed by atoms with E-state index >= 15 is 0 Å². The van der Waals surface area contributed by atoms with E-state index < -0.39 is 5.97 Å². The molecule has 0 aromatic heterocycles. The molecule has 3 aromatic carbocycles. The molecule has 3 rings (SSSR count). The van der Waals surface area contributed by atoms with Crippen LogP contribution < -0.4 is 4.74 Å². The molecule has 6 heteroatoms. The molecule has 4 nitrogen and oxygen atoms in total. The number of aryl methyl sites for hydroxylation is 1. The highest BCUT2D eigenvalue weighted by atomic mass is 79.9. The van der Waals surface area contributed by atoms with Gasteiger partial charge in [-0.1, -0.05) is 42.0 Å². The molecule has 0 saturated heterocycles. The van der Waals surface area contributed by atoms with Crippen LogP contribution in [0.25, 0.3) is 11.6 Å². The van der Waals surface area contributed by atoms with E-state index in [1.54, 1.807) is 18.2 Å². The Balaban J connectivity index is 1.83. The van der Waals surface area contributed by atoms with Gasteiger partial charge in [0.05, 0.1) is 26.2 Å². The predicted octanol–water partition coefficient (Wildman–Crippen LogP) is 6.86. The molecule has 0 fully saturated rings. The molecular formula is C24H17Br2NO3. The highest BCUT2D eigenvalue weighted by Gasteiger charge is 2.11. The number of aromatic carboxylic acids is 1. The fraction of sp³-hybridized carbons (Fsp3) is 0.0833. The topological polar surface area (TPSA) is 70.3 Å². The maximum atomic E-state index is 11.0. The van der Waals surface area contributed by atoms with Crippen molar-refractivity contribution in [3.8, 4) is 11.8 Å². The Morgan fingerprint density at radius 2 is 1.60 bits per heavy atom. The molecule has 0 amide bonds. The summed E-state index contributed by atoms with van der Waals surface area (Å²) in [5, 5.41) is 18.6. The normalized spacial score (nSPS) is 11.1. The Morgan fingerprint density at radius 1 is 1.03 bits per heavy atom. The standard InChI is InChI=1S/C24H17Br2NO3/c1-15-2-4-16(5-3-15)14-30-23-21(25)11-17(12-22(23)26)10-20(13-27)18-6-8-19(9-7-18)24(28)29/h2-12H,14H2,1H3,(H,28,29)/b20-10-. The Kier molecular flexibility index (Phi) is 7.09. The first-order valence-electron chi connectivity index (χ1n) is 9.00. The minimum absolute atomic E-state index is 0.177. The molecule has 150 valence electrons. The second kappa shape index (κ2) is 9.75. The van der Waals surface area contributed by atoms with Gasteiger partial charge in [-0.3, -0.25) is 0 Å². The molecule has 0 aliphatic carbocycles. The molecule has 0 aliphatic rings. The Morgan fingerprint density at radius 3 is 2.13 bits per heavy atom. The van der Waals surface area contributed by atoms with Gasteiger partial charge < -0.3 is 9.84 Å². The Labute approximate surface area is 191 Å². The highest BCUT2D eigenvalue weighted by Crippen LogP contribution is 2.36. The average molecular weight is 527 g/mol. The third-order valence-corrected chi connectivity index (χ3v) is 5.58. The van der Waals surface area contributed by atoms with Crippen LogP contribution >= 0.6 is 31.9 Å². The molecule has 0 saturated carbocycles. The van der Waals surface area contributed by atoms with Crippen molar-refractivity contribution in [2.75, 3.05) is 0 Å². The van der Waals surface area contributed by atoms with Crippen molar-refractivity contribution >= 4 is 49.5 Å². The van der Waals surface area contributed by atoms with Crippen LogP contribution in [0.1, 0.15) is 32.6 Å². The maximum Gasteiger partial charge on any atom is 0.335 e. The first-order valence-corrected chi connectivity index (χ1v) is 10.6. The fourth-order valence-corrected chi connectivity index (χ4v) is 4.23. The maximum absolute atomic E-state index is 11.0. The van der Waals surface area contributed by atoms with Gasteiger partial charge in [-0.2, -0.15) is 5.26 Å². The monoisotopic (exact) mass is 525 g/mol. The van der Waals surface area contributed by atoms with Crippen LogP contribution in [0.4, 0.5) is 0 Å². The summed E-state index contributed by atoms with van der Waals surface area (Å²) in [6, 6.07) is 20.3. The molecular weight excluding hydrogens is 510 g/mol. The second-order valence-corrected chi connectivity index (χ2v) is 8.35. The van der Waals surface area contributed by atoms with Crippen molar-refractivity contribution in [1.29, 1.82) is 5.26 Å². The van der Waals surface area contributed by atoms with Crippen molar-refractivity contribution in [2.45, 2.75) is 13.5 Å². The van der Waals surface area contributed by atoms with Crippen molar-refractivity contribution in [3.63, 3.8) is 0 Å². The zero-order valence-electron chi connectivity index (χ0n) is 16.0. The van der Waals surface area contributed by atoms with Crippen molar-refractivity contribution in [1.82, 2.24) is 0 Å². The number of rotatable bonds is 6. The SMILES string of the molecule is Cc1ccc(COc2c(Br)cc(/C=C(/C#N)c3ccc(C(=O)O)cc3)cc2Br)cc1. The van der Waals surface area contributed by atoms with Gasteiger partial charge in [0, 0.05) is 0 Å². The van der Waals surface area contributed by atoms with Crippen LogP contribution in [-0.2, 0) is 6.61 Å². The number of nitrogens with zero attached hydrogens (tertiary/aromatic N) is 1. The second-order valence-electron chi connectivity index (χ2n) is 6.64. The highest BCUT2D eigenvalue weighted by molar-refractivity contribution is 9.11. The number of halogens is 2. The van der Waals surface area contributed by atoms with E-state index in [4.69, 9.17) is 9.84 Å². The number of hydrogen-bond acceptors (Lipinski definition) is 3. The van der Waals surface area contributed by atoms with E-state index in [2.05, 4.69) is 37.9 Å². The van der Waals surface area contributed by atoms with E-state index in [1.807, 2.05) is 43.3 Å². The molecule has 1 N–H and O–H groups in total. The lowest BCUT2D eigenvalue weighted by Gasteiger charge is -2.12. The number of nitriles is 1. The molecule has 0 heterocycles. The van der Waals surface area contributed by atoms with Gasteiger partial charge in [0.15, 0.2) is 0 Å². The minimum atomic E-state index is -1.00. The molecule has 3 aromatic rings. The van der Waals surface area contributed by atoms with E-state index in [0.29, 0.717) is 23.5 Å². The van der Waals surface area contributed by atoms with Crippen LogP contribution in [0.5, 0.6) is 5.75 Å². The van der Waals surface area contributed by atoms with Crippen LogP contribution in [0.3, 0.4) is 0 Å². The molecule has 0 spiro atoms. The van der Waals surface area contributed by atoms with Gasteiger partial charge in [0.1, 0.15) is 12.4 Å². The smallest absolute Gasteiger partial charge is 0.335 e. The van der Waals surface area contributed by atoms with Crippen LogP contribution in [0, 0.1) is 18.3 Å². The number of carbonyl (C=O) groups is 1. The molecule has 0 radical (unpaired) electrons. The number of allylic oxidation sites excluding steroid dienone is 1. The lowest BCUT2D eigenvalue weighted by Crippen LogP contribution is -1.97. The predicted molar refractivity (Wildman–Crippen MR) is 124 cm³/mol. The summed E-state index contributed by atoms with van der Waals surface area (Å²) in [6.07, 6.45) is 1.75. The lowest BCUT2D eigenvalue weighted by atomic mass is 10.0. The van der Waals surface area contributed by atoms with Crippen molar-refractivity contribution in [2.24, 2.45) is 0 Å². The zero-order chi connectivity index (χ0) is 21.7. The fourth-order valence-electron chi connectivity index (χ4n) is 2.78. The third-order valence-electron chi connectivity index (χ3n) is 4.40. The van der Waals surface area contributed by atoms with Gasteiger partial charge in [0.2, 0.25) is 0 Å². The van der Waals surface area contributed by atoms with Gasteiger partial charge in [-0.15, -0.1) is 0 Å². The van der Waals surface area contributed by atoms with Crippen LogP contribution in [0.2, 0.25) is 0 Å². The minimum Gasteiger partial charge on any atom is -0.487 e. The van der Waals surface area contributed by atoms with E-state index in [0.717, 1.165) is 20.1 Å². The zero-order valence-corrected chi connectivity index (χ0v) is 19.2. The first-order chi connectivity index (χ1) is 14.4. The van der Waals surface area contributed by atoms with E-state index in [-0.39, 0.29) is 5.56 Å². The first kappa shape index (κ1) is 21.8. The molecule has 0 aliphatic heterocycles. The quantitative estimate of drug-likeness (QED) is 0.281. The van der Waals surface area contributed by atoms with E-state index in [1.165, 1.54) is 17.7 Å². The number of hydrogen-bond donors (Lipinski definition) is 1. The molecule has 0 unspecified atom stereocenters. The Hall–Kier alpha value is -2.88. The van der Waals surface area contributed by atoms with Crippen LogP contribution in [0.15, 0.2) is 69.6 Å². The summed E-state index contributed by atoms with van der Waals surface area (Å²) in [5.74, 6) is -0.324. The van der Waals surface area contributed by atoms with Crippen LogP contribution in [-0.4, -0.2) is 11.1 Å². The molecule has 30 heavy (non-hydrogen) atoms. The number of carboxylic acids is 1. The summed E-state index contributed by atoms with van der Waals surface area (Å²) >= 11 is 7.09.